The first-order valence-corrected chi connectivity index (χ1v) is 5.98. The summed E-state index contributed by atoms with van der Waals surface area (Å²) in [5, 5.41) is 3.43. The van der Waals surface area contributed by atoms with E-state index in [2.05, 4.69) is 5.32 Å². The van der Waals surface area contributed by atoms with Crippen LogP contribution in [0.4, 0.5) is 5.69 Å². The maximum absolute atomic E-state index is 5.54. The van der Waals surface area contributed by atoms with Crippen LogP contribution in [-0.4, -0.2) is 33.0 Å². The van der Waals surface area contributed by atoms with Crippen molar-refractivity contribution in [3.05, 3.63) is 18.2 Å². The van der Waals surface area contributed by atoms with Gasteiger partial charge in [0.05, 0.1) is 26.4 Å². The Morgan fingerprint density at radius 2 is 2.29 bits per heavy atom. The summed E-state index contributed by atoms with van der Waals surface area (Å²) in [6.07, 6.45) is 1.05. The van der Waals surface area contributed by atoms with Gasteiger partial charge in [0, 0.05) is 18.4 Å². The molecule has 1 aromatic carbocycles. The number of methoxy groups -OCH3 is 1. The smallest absolute Gasteiger partial charge is 0.163 e. The van der Waals surface area contributed by atoms with Gasteiger partial charge in [0.15, 0.2) is 11.5 Å². The molecule has 2 rings (SSSR count). The predicted molar refractivity (Wildman–Crippen MR) is 67.0 cm³/mol. The summed E-state index contributed by atoms with van der Waals surface area (Å²) >= 11 is 0. The first-order valence-electron chi connectivity index (χ1n) is 5.98. The Balaban J connectivity index is 2.08. The highest BCUT2D eigenvalue weighted by Gasteiger charge is 2.15. The van der Waals surface area contributed by atoms with Gasteiger partial charge in [0.25, 0.3) is 0 Å². The molecule has 1 aromatic rings. The summed E-state index contributed by atoms with van der Waals surface area (Å²) < 4.78 is 16.1. The zero-order valence-electron chi connectivity index (χ0n) is 10.4. The Hall–Kier alpha value is -1.42. The summed E-state index contributed by atoms with van der Waals surface area (Å²) in [4.78, 5) is 0. The molecular formula is C13H19NO3. The van der Waals surface area contributed by atoms with E-state index in [9.17, 15) is 0 Å². The van der Waals surface area contributed by atoms with Crippen LogP contribution < -0.4 is 14.8 Å². The molecule has 4 nitrogen and oxygen atoms in total. The van der Waals surface area contributed by atoms with Crippen LogP contribution in [0.5, 0.6) is 11.5 Å². The Morgan fingerprint density at radius 3 is 2.94 bits per heavy atom. The molecule has 1 atom stereocenters. The van der Waals surface area contributed by atoms with Crippen molar-refractivity contribution in [2.75, 3.05) is 32.2 Å². The Bertz CT molecular complexity index is 362. The SMILES string of the molecule is CCOc1cc(NC2CCOC2)ccc1OC. The number of nitrogens with one attached hydrogen (secondary N) is 1. The van der Waals surface area contributed by atoms with Crippen LogP contribution in [0.2, 0.25) is 0 Å². The molecule has 1 unspecified atom stereocenters. The minimum Gasteiger partial charge on any atom is -0.493 e. The Morgan fingerprint density at radius 1 is 1.41 bits per heavy atom. The molecule has 4 heteroatoms. The summed E-state index contributed by atoms with van der Waals surface area (Å²) in [6.45, 7) is 4.21. The highest BCUT2D eigenvalue weighted by Crippen LogP contribution is 2.30. The number of hydrogen-bond acceptors (Lipinski definition) is 4. The lowest BCUT2D eigenvalue weighted by Crippen LogP contribution is -2.18. The highest BCUT2D eigenvalue weighted by molar-refractivity contribution is 5.55. The molecule has 1 aliphatic heterocycles. The van der Waals surface area contributed by atoms with Crippen molar-refractivity contribution in [2.45, 2.75) is 19.4 Å². The van der Waals surface area contributed by atoms with Crippen molar-refractivity contribution >= 4 is 5.69 Å². The van der Waals surface area contributed by atoms with Crippen LogP contribution in [0.3, 0.4) is 0 Å². The molecule has 0 amide bonds. The summed E-state index contributed by atoms with van der Waals surface area (Å²) in [6, 6.07) is 6.29. The zero-order chi connectivity index (χ0) is 12.1. The van der Waals surface area contributed by atoms with Crippen molar-refractivity contribution in [2.24, 2.45) is 0 Å². The molecule has 1 fully saturated rings. The number of rotatable bonds is 5. The average molecular weight is 237 g/mol. The van der Waals surface area contributed by atoms with E-state index in [0.29, 0.717) is 12.6 Å². The second-order valence-corrected chi connectivity index (χ2v) is 4.00. The molecule has 1 aliphatic rings. The lowest BCUT2D eigenvalue weighted by molar-refractivity contribution is 0.195. The van der Waals surface area contributed by atoms with Gasteiger partial charge in [-0.15, -0.1) is 0 Å². The molecule has 1 saturated heterocycles. The van der Waals surface area contributed by atoms with Gasteiger partial charge < -0.3 is 19.5 Å². The van der Waals surface area contributed by atoms with Crippen LogP contribution in [-0.2, 0) is 4.74 Å². The van der Waals surface area contributed by atoms with Gasteiger partial charge in [-0.3, -0.25) is 0 Å². The second-order valence-electron chi connectivity index (χ2n) is 4.00. The van der Waals surface area contributed by atoms with Crippen LogP contribution in [0, 0.1) is 0 Å². The lowest BCUT2D eigenvalue weighted by atomic mass is 10.2. The maximum Gasteiger partial charge on any atom is 0.163 e. The second kappa shape index (κ2) is 5.77. The average Bonchev–Trinajstić information content (AvgIpc) is 2.83. The molecule has 0 radical (unpaired) electrons. The fourth-order valence-corrected chi connectivity index (χ4v) is 1.92. The quantitative estimate of drug-likeness (QED) is 0.853. The van der Waals surface area contributed by atoms with Crippen LogP contribution >= 0.6 is 0 Å². The van der Waals surface area contributed by atoms with E-state index in [1.165, 1.54) is 0 Å². The van der Waals surface area contributed by atoms with E-state index in [1.807, 2.05) is 25.1 Å². The maximum atomic E-state index is 5.54. The van der Waals surface area contributed by atoms with Gasteiger partial charge in [0.2, 0.25) is 0 Å². The molecule has 1 N–H and O–H groups in total. The predicted octanol–water partition coefficient (Wildman–Crippen LogP) is 2.29. The normalized spacial score (nSPS) is 19.1. The minimum atomic E-state index is 0.401. The Labute approximate surface area is 102 Å². The Kier molecular flexibility index (Phi) is 4.09. The van der Waals surface area contributed by atoms with Crippen LogP contribution in [0.25, 0.3) is 0 Å². The number of ether oxygens (including phenoxy) is 3. The van der Waals surface area contributed by atoms with Gasteiger partial charge >= 0.3 is 0 Å². The fourth-order valence-electron chi connectivity index (χ4n) is 1.92. The molecule has 0 saturated carbocycles. The van der Waals surface area contributed by atoms with E-state index in [-0.39, 0.29) is 0 Å². The van der Waals surface area contributed by atoms with Gasteiger partial charge in [-0.1, -0.05) is 0 Å². The van der Waals surface area contributed by atoms with Crippen molar-refractivity contribution in [3.63, 3.8) is 0 Å². The van der Waals surface area contributed by atoms with Gasteiger partial charge in [-0.25, -0.2) is 0 Å². The van der Waals surface area contributed by atoms with Gasteiger partial charge in [0.1, 0.15) is 0 Å². The third kappa shape index (κ3) is 3.03. The molecule has 0 aromatic heterocycles. The van der Waals surface area contributed by atoms with Gasteiger partial charge in [-0.2, -0.15) is 0 Å². The monoisotopic (exact) mass is 237 g/mol. The molecule has 1 heterocycles. The van der Waals surface area contributed by atoms with E-state index in [1.54, 1.807) is 7.11 Å². The molecule has 0 aliphatic carbocycles. The van der Waals surface area contributed by atoms with Gasteiger partial charge in [-0.05, 0) is 25.5 Å². The molecule has 0 bridgehead atoms. The first kappa shape index (κ1) is 12.0. The zero-order valence-corrected chi connectivity index (χ0v) is 10.4. The summed E-state index contributed by atoms with van der Waals surface area (Å²) in [5.41, 5.74) is 1.05. The van der Waals surface area contributed by atoms with E-state index in [4.69, 9.17) is 14.2 Å². The molecule has 94 valence electrons. The standard InChI is InChI=1S/C13H19NO3/c1-3-17-13-8-10(4-5-12(13)15-2)14-11-6-7-16-9-11/h4-5,8,11,14H,3,6-7,9H2,1-2H3. The molecular weight excluding hydrogens is 218 g/mol. The minimum absolute atomic E-state index is 0.401. The third-order valence-corrected chi connectivity index (χ3v) is 2.76. The highest BCUT2D eigenvalue weighted by atomic mass is 16.5. The van der Waals surface area contributed by atoms with Crippen LogP contribution in [0.15, 0.2) is 18.2 Å². The number of anilines is 1. The van der Waals surface area contributed by atoms with Crippen molar-refractivity contribution in [1.29, 1.82) is 0 Å². The largest absolute Gasteiger partial charge is 0.493 e. The van der Waals surface area contributed by atoms with Crippen molar-refractivity contribution in [3.8, 4) is 11.5 Å². The summed E-state index contributed by atoms with van der Waals surface area (Å²) in [5.74, 6) is 1.54. The number of hydrogen-bond donors (Lipinski definition) is 1. The van der Waals surface area contributed by atoms with E-state index >= 15 is 0 Å². The van der Waals surface area contributed by atoms with Crippen LogP contribution in [0.1, 0.15) is 13.3 Å². The first-order chi connectivity index (χ1) is 8.33. The topological polar surface area (TPSA) is 39.7 Å². The van der Waals surface area contributed by atoms with Crippen molar-refractivity contribution < 1.29 is 14.2 Å². The number of benzene rings is 1. The fraction of sp³-hybridized carbons (Fsp3) is 0.538. The van der Waals surface area contributed by atoms with Crippen molar-refractivity contribution in [1.82, 2.24) is 0 Å². The lowest BCUT2D eigenvalue weighted by Gasteiger charge is -2.15. The third-order valence-electron chi connectivity index (χ3n) is 2.76. The van der Waals surface area contributed by atoms with E-state index < -0.39 is 0 Å². The van der Waals surface area contributed by atoms with E-state index in [0.717, 1.165) is 36.8 Å². The summed E-state index contributed by atoms with van der Waals surface area (Å²) in [7, 11) is 1.65. The molecule has 0 spiro atoms. The molecule has 17 heavy (non-hydrogen) atoms.